The molecule has 0 fully saturated rings. The van der Waals surface area contributed by atoms with E-state index in [1.807, 2.05) is 0 Å². The number of aromatic nitrogens is 1. The normalized spacial score (nSPS) is 10.3. The number of nitrogens with zero attached hydrogens (tertiary/aromatic N) is 2. The van der Waals surface area contributed by atoms with Crippen LogP contribution >= 0.6 is 0 Å². The summed E-state index contributed by atoms with van der Waals surface area (Å²) in [5.74, 6) is 0. The number of hydrogen-bond acceptors (Lipinski definition) is 3. The zero-order chi connectivity index (χ0) is 13.1. The molecule has 2 aromatic rings. The molecule has 0 bridgehead atoms. The summed E-state index contributed by atoms with van der Waals surface area (Å²) in [5.41, 5.74) is 1.34. The number of pyridine rings is 1. The third-order valence-electron chi connectivity index (χ3n) is 2.68. The minimum absolute atomic E-state index is 0.0354. The Morgan fingerprint density at radius 3 is 2.78 bits per heavy atom. The maximum Gasteiger partial charge on any atom is 0.269 e. The van der Waals surface area contributed by atoms with Crippen molar-refractivity contribution >= 4 is 5.69 Å². The molecule has 0 aliphatic carbocycles. The van der Waals surface area contributed by atoms with E-state index in [1.165, 1.54) is 16.7 Å². The van der Waals surface area contributed by atoms with Crippen LogP contribution in [0, 0.1) is 17.0 Å². The summed E-state index contributed by atoms with van der Waals surface area (Å²) in [6, 6.07) is 9.83. The predicted octanol–water partition coefficient (Wildman–Crippen LogP) is 2.11. The molecule has 5 nitrogen and oxygen atoms in total. The van der Waals surface area contributed by atoms with Crippen molar-refractivity contribution in [1.29, 1.82) is 0 Å². The smallest absolute Gasteiger partial charge is 0.269 e. The maximum atomic E-state index is 11.8. The Bertz CT molecular complexity index is 647. The summed E-state index contributed by atoms with van der Waals surface area (Å²) in [5, 5.41) is 10.7. The molecule has 5 heteroatoms. The molecule has 2 rings (SSSR count). The third-order valence-corrected chi connectivity index (χ3v) is 2.68. The first-order chi connectivity index (χ1) is 8.58. The molecule has 0 aliphatic rings. The van der Waals surface area contributed by atoms with Crippen LogP contribution in [-0.4, -0.2) is 9.49 Å². The summed E-state index contributed by atoms with van der Waals surface area (Å²) in [6.07, 6.45) is 1.67. The van der Waals surface area contributed by atoms with E-state index in [1.54, 1.807) is 37.4 Å². The van der Waals surface area contributed by atoms with E-state index in [2.05, 4.69) is 0 Å². The van der Waals surface area contributed by atoms with Crippen molar-refractivity contribution in [2.75, 3.05) is 0 Å². The van der Waals surface area contributed by atoms with Crippen LogP contribution in [0.1, 0.15) is 11.1 Å². The van der Waals surface area contributed by atoms with Crippen molar-refractivity contribution in [2.45, 2.75) is 13.5 Å². The van der Waals surface area contributed by atoms with Gasteiger partial charge >= 0.3 is 0 Å². The molecule has 0 N–H and O–H groups in total. The number of benzene rings is 1. The molecule has 0 unspecified atom stereocenters. The van der Waals surface area contributed by atoms with Crippen molar-refractivity contribution < 1.29 is 4.92 Å². The van der Waals surface area contributed by atoms with Crippen LogP contribution < -0.4 is 5.56 Å². The minimum Gasteiger partial charge on any atom is -0.311 e. The molecular weight excluding hydrogens is 232 g/mol. The van der Waals surface area contributed by atoms with Crippen LogP contribution in [0.3, 0.4) is 0 Å². The molecule has 0 aliphatic heterocycles. The number of rotatable bonds is 3. The van der Waals surface area contributed by atoms with Gasteiger partial charge in [-0.25, -0.2) is 0 Å². The van der Waals surface area contributed by atoms with Gasteiger partial charge in [0.05, 0.1) is 11.5 Å². The van der Waals surface area contributed by atoms with Crippen molar-refractivity contribution in [3.8, 4) is 0 Å². The van der Waals surface area contributed by atoms with Gasteiger partial charge in [-0.05, 0) is 18.6 Å². The van der Waals surface area contributed by atoms with Gasteiger partial charge in [-0.15, -0.1) is 0 Å². The van der Waals surface area contributed by atoms with Crippen LogP contribution in [0.5, 0.6) is 0 Å². The SMILES string of the molecule is Cc1cccn(Cc2cccc([N+](=O)[O-])c2)c1=O. The Morgan fingerprint density at radius 1 is 1.28 bits per heavy atom. The maximum absolute atomic E-state index is 11.8. The fourth-order valence-electron chi connectivity index (χ4n) is 1.75. The highest BCUT2D eigenvalue weighted by Crippen LogP contribution is 2.13. The van der Waals surface area contributed by atoms with Gasteiger partial charge in [-0.3, -0.25) is 14.9 Å². The van der Waals surface area contributed by atoms with Gasteiger partial charge in [0.15, 0.2) is 0 Å². The van der Waals surface area contributed by atoms with E-state index >= 15 is 0 Å². The fraction of sp³-hybridized carbons (Fsp3) is 0.154. The minimum atomic E-state index is -0.442. The molecule has 1 heterocycles. The molecule has 18 heavy (non-hydrogen) atoms. The monoisotopic (exact) mass is 244 g/mol. The van der Waals surface area contributed by atoms with E-state index in [4.69, 9.17) is 0 Å². The van der Waals surface area contributed by atoms with Crippen molar-refractivity contribution in [3.63, 3.8) is 0 Å². The summed E-state index contributed by atoms with van der Waals surface area (Å²) < 4.78 is 1.54. The first-order valence-electron chi connectivity index (χ1n) is 5.47. The van der Waals surface area contributed by atoms with E-state index < -0.39 is 4.92 Å². The number of nitro benzene ring substituents is 1. The Morgan fingerprint density at radius 2 is 2.06 bits per heavy atom. The Kier molecular flexibility index (Phi) is 3.23. The number of aryl methyl sites for hydroxylation is 1. The van der Waals surface area contributed by atoms with E-state index in [0.29, 0.717) is 12.1 Å². The average Bonchev–Trinajstić information content (AvgIpc) is 2.35. The van der Waals surface area contributed by atoms with Gasteiger partial charge in [-0.2, -0.15) is 0 Å². The average molecular weight is 244 g/mol. The number of non-ortho nitro benzene ring substituents is 1. The van der Waals surface area contributed by atoms with Crippen LogP contribution in [-0.2, 0) is 6.54 Å². The van der Waals surface area contributed by atoms with Gasteiger partial charge < -0.3 is 4.57 Å². The number of nitro groups is 1. The van der Waals surface area contributed by atoms with Crippen molar-refractivity contribution in [2.24, 2.45) is 0 Å². The molecule has 1 aromatic carbocycles. The Hall–Kier alpha value is -2.43. The summed E-state index contributed by atoms with van der Waals surface area (Å²) in [4.78, 5) is 22.0. The van der Waals surface area contributed by atoms with Crippen LogP contribution in [0.2, 0.25) is 0 Å². The summed E-state index contributed by atoms with van der Waals surface area (Å²) in [6.45, 7) is 2.08. The van der Waals surface area contributed by atoms with Crippen LogP contribution in [0.15, 0.2) is 47.4 Å². The number of hydrogen-bond donors (Lipinski definition) is 0. The first kappa shape index (κ1) is 12.0. The molecular formula is C13H12N2O3. The van der Waals surface area contributed by atoms with E-state index in [0.717, 1.165) is 5.56 Å². The standard InChI is InChI=1S/C13H12N2O3/c1-10-4-3-7-14(13(10)16)9-11-5-2-6-12(8-11)15(17)18/h2-8H,9H2,1H3. The molecule has 1 aromatic heterocycles. The van der Waals surface area contributed by atoms with Crippen LogP contribution in [0.4, 0.5) is 5.69 Å². The lowest BCUT2D eigenvalue weighted by Gasteiger charge is -2.06. The molecule has 0 saturated heterocycles. The summed E-state index contributed by atoms with van der Waals surface area (Å²) >= 11 is 0. The lowest BCUT2D eigenvalue weighted by molar-refractivity contribution is -0.384. The Balaban J connectivity index is 2.34. The second kappa shape index (κ2) is 4.83. The topological polar surface area (TPSA) is 65.1 Å². The molecule has 0 atom stereocenters. The second-order valence-corrected chi connectivity index (χ2v) is 4.05. The van der Waals surface area contributed by atoms with Gasteiger partial charge in [0, 0.05) is 23.9 Å². The first-order valence-corrected chi connectivity index (χ1v) is 5.47. The largest absolute Gasteiger partial charge is 0.311 e. The highest BCUT2D eigenvalue weighted by Gasteiger charge is 2.06. The van der Waals surface area contributed by atoms with Gasteiger partial charge in [0.1, 0.15) is 0 Å². The third kappa shape index (κ3) is 2.45. The zero-order valence-electron chi connectivity index (χ0n) is 9.87. The fourth-order valence-corrected chi connectivity index (χ4v) is 1.75. The van der Waals surface area contributed by atoms with Crippen molar-refractivity contribution in [3.05, 3.63) is 74.2 Å². The Labute approximate surface area is 103 Å². The lowest BCUT2D eigenvalue weighted by atomic mass is 10.2. The zero-order valence-corrected chi connectivity index (χ0v) is 9.87. The quantitative estimate of drug-likeness (QED) is 0.613. The van der Waals surface area contributed by atoms with E-state index in [9.17, 15) is 14.9 Å². The lowest BCUT2D eigenvalue weighted by Crippen LogP contribution is -2.21. The van der Waals surface area contributed by atoms with Gasteiger partial charge in [-0.1, -0.05) is 18.2 Å². The molecule has 0 saturated carbocycles. The molecule has 0 radical (unpaired) electrons. The van der Waals surface area contributed by atoms with Gasteiger partial charge in [0.25, 0.3) is 11.2 Å². The summed E-state index contributed by atoms with van der Waals surface area (Å²) in [7, 11) is 0. The predicted molar refractivity (Wildman–Crippen MR) is 67.6 cm³/mol. The molecule has 0 spiro atoms. The van der Waals surface area contributed by atoms with E-state index in [-0.39, 0.29) is 11.2 Å². The molecule has 92 valence electrons. The van der Waals surface area contributed by atoms with Gasteiger partial charge in [0.2, 0.25) is 0 Å². The molecule has 0 amide bonds. The van der Waals surface area contributed by atoms with Crippen molar-refractivity contribution in [1.82, 2.24) is 4.57 Å². The highest BCUT2D eigenvalue weighted by molar-refractivity contribution is 5.34. The highest BCUT2D eigenvalue weighted by atomic mass is 16.6. The van der Waals surface area contributed by atoms with Crippen LogP contribution in [0.25, 0.3) is 0 Å². The second-order valence-electron chi connectivity index (χ2n) is 4.05.